The van der Waals surface area contributed by atoms with Crippen LogP contribution in [-0.4, -0.2) is 24.3 Å². The van der Waals surface area contributed by atoms with Gasteiger partial charge >= 0.3 is 12.1 Å². The summed E-state index contributed by atoms with van der Waals surface area (Å²) in [5.41, 5.74) is 6.07. The molecule has 0 aliphatic heterocycles. The van der Waals surface area contributed by atoms with Crippen LogP contribution in [0.25, 0.3) is 0 Å². The van der Waals surface area contributed by atoms with Crippen LogP contribution in [-0.2, 0) is 4.74 Å². The second-order valence-corrected chi connectivity index (χ2v) is 2.72. The molecule has 0 aromatic heterocycles. The Balaban J connectivity index is 2.93. The van der Waals surface area contributed by atoms with E-state index in [2.05, 4.69) is 10.1 Å². The number of carbonyl (C=O) groups excluding carboxylic acids is 1. The van der Waals surface area contributed by atoms with Gasteiger partial charge in [-0.15, -0.1) is 0 Å². The van der Waals surface area contributed by atoms with Crippen LogP contribution in [0.4, 0.5) is 16.2 Å². The number of methoxy groups -OCH3 is 1. The lowest BCUT2D eigenvalue weighted by Gasteiger charge is -2.07. The number of nitrogens with two attached hydrogens (primary N) is 1. The molecule has 1 aromatic rings. The fraction of sp³-hybridized carbons (Fsp3) is 0.111. The molecule has 1 rings (SSSR count). The van der Waals surface area contributed by atoms with E-state index in [-0.39, 0.29) is 11.3 Å². The van der Waals surface area contributed by atoms with Gasteiger partial charge in [-0.3, -0.25) is 5.32 Å². The van der Waals surface area contributed by atoms with E-state index in [0.717, 1.165) is 0 Å². The van der Waals surface area contributed by atoms with Crippen molar-refractivity contribution in [3.63, 3.8) is 0 Å². The topological polar surface area (TPSA) is 102 Å². The Morgan fingerprint density at radius 2 is 2.13 bits per heavy atom. The second kappa shape index (κ2) is 4.32. The Bertz CT molecular complexity index is 403. The molecule has 1 amide bonds. The van der Waals surface area contributed by atoms with Crippen molar-refractivity contribution in [2.75, 3.05) is 18.2 Å². The maximum absolute atomic E-state index is 10.8. The van der Waals surface area contributed by atoms with Crippen LogP contribution in [0.5, 0.6) is 0 Å². The molecule has 0 radical (unpaired) electrons. The first kappa shape index (κ1) is 10.8. The molecule has 0 unspecified atom stereocenters. The molecule has 0 spiro atoms. The fourth-order valence-electron chi connectivity index (χ4n) is 0.971. The summed E-state index contributed by atoms with van der Waals surface area (Å²) < 4.78 is 4.36. The number of carboxylic acids is 1. The number of nitrogen functional groups attached to an aromatic ring is 1. The van der Waals surface area contributed by atoms with Gasteiger partial charge in [-0.2, -0.15) is 0 Å². The summed E-state index contributed by atoms with van der Waals surface area (Å²) in [7, 11) is 1.22. The number of rotatable bonds is 2. The number of hydrogen-bond donors (Lipinski definition) is 3. The number of aromatic carboxylic acids is 1. The Labute approximate surface area is 85.6 Å². The highest BCUT2D eigenvalue weighted by atomic mass is 16.5. The molecular weight excluding hydrogens is 200 g/mol. The van der Waals surface area contributed by atoms with Gasteiger partial charge in [0.05, 0.1) is 24.0 Å². The summed E-state index contributed by atoms with van der Waals surface area (Å²) in [5, 5.41) is 11.0. The summed E-state index contributed by atoms with van der Waals surface area (Å²) in [6, 6.07) is 3.99. The quantitative estimate of drug-likeness (QED) is 0.635. The number of anilines is 2. The third-order valence-electron chi connectivity index (χ3n) is 1.72. The SMILES string of the molecule is COC(=O)Nc1ccc(C(=O)O)cc1N. The Morgan fingerprint density at radius 1 is 1.47 bits per heavy atom. The maximum Gasteiger partial charge on any atom is 0.411 e. The highest BCUT2D eigenvalue weighted by Gasteiger charge is 2.08. The molecule has 0 saturated carbocycles. The van der Waals surface area contributed by atoms with Crippen LogP contribution in [0.2, 0.25) is 0 Å². The molecule has 0 aliphatic carbocycles. The lowest BCUT2D eigenvalue weighted by molar-refractivity contribution is 0.0697. The van der Waals surface area contributed by atoms with E-state index in [1.807, 2.05) is 0 Å². The first-order valence-electron chi connectivity index (χ1n) is 4.02. The number of ether oxygens (including phenoxy) is 1. The van der Waals surface area contributed by atoms with Gasteiger partial charge in [0.25, 0.3) is 0 Å². The molecule has 6 nitrogen and oxygen atoms in total. The molecule has 0 fully saturated rings. The zero-order valence-corrected chi connectivity index (χ0v) is 7.98. The minimum atomic E-state index is -1.08. The van der Waals surface area contributed by atoms with E-state index in [1.165, 1.54) is 25.3 Å². The Morgan fingerprint density at radius 3 is 2.60 bits per heavy atom. The first-order chi connectivity index (χ1) is 7.04. The van der Waals surface area contributed by atoms with Gasteiger partial charge in [-0.1, -0.05) is 0 Å². The molecule has 0 heterocycles. The predicted molar refractivity (Wildman–Crippen MR) is 53.8 cm³/mol. The Kier molecular flexibility index (Phi) is 3.12. The molecular formula is C9H10N2O4. The van der Waals surface area contributed by atoms with Crippen molar-refractivity contribution in [1.82, 2.24) is 0 Å². The number of amides is 1. The fourth-order valence-corrected chi connectivity index (χ4v) is 0.971. The smallest absolute Gasteiger partial charge is 0.411 e. The molecule has 15 heavy (non-hydrogen) atoms. The Hall–Kier alpha value is -2.24. The third-order valence-corrected chi connectivity index (χ3v) is 1.72. The van der Waals surface area contributed by atoms with E-state index in [4.69, 9.17) is 10.8 Å². The number of hydrogen-bond acceptors (Lipinski definition) is 4. The molecule has 0 bridgehead atoms. The lowest BCUT2D eigenvalue weighted by Crippen LogP contribution is -2.12. The van der Waals surface area contributed by atoms with E-state index in [1.54, 1.807) is 0 Å². The largest absolute Gasteiger partial charge is 0.478 e. The van der Waals surface area contributed by atoms with Crippen molar-refractivity contribution >= 4 is 23.4 Å². The van der Waals surface area contributed by atoms with Gasteiger partial charge in [-0.25, -0.2) is 9.59 Å². The minimum Gasteiger partial charge on any atom is -0.478 e. The highest BCUT2D eigenvalue weighted by molar-refractivity contribution is 5.93. The van der Waals surface area contributed by atoms with E-state index in [0.29, 0.717) is 5.69 Å². The van der Waals surface area contributed by atoms with E-state index >= 15 is 0 Å². The van der Waals surface area contributed by atoms with Crippen LogP contribution in [0.3, 0.4) is 0 Å². The monoisotopic (exact) mass is 210 g/mol. The average Bonchev–Trinajstić information content (AvgIpc) is 2.20. The summed E-state index contributed by atoms with van der Waals surface area (Å²) >= 11 is 0. The molecule has 80 valence electrons. The third kappa shape index (κ3) is 2.60. The van der Waals surface area contributed by atoms with Crippen LogP contribution in [0, 0.1) is 0 Å². The van der Waals surface area contributed by atoms with Gasteiger partial charge in [-0.05, 0) is 18.2 Å². The van der Waals surface area contributed by atoms with Crippen LogP contribution in [0.1, 0.15) is 10.4 Å². The van der Waals surface area contributed by atoms with Crippen LogP contribution in [0.15, 0.2) is 18.2 Å². The van der Waals surface area contributed by atoms with Crippen LogP contribution >= 0.6 is 0 Å². The molecule has 4 N–H and O–H groups in total. The van der Waals surface area contributed by atoms with Crippen molar-refractivity contribution in [3.8, 4) is 0 Å². The van der Waals surface area contributed by atoms with Crippen molar-refractivity contribution in [1.29, 1.82) is 0 Å². The number of carbonyl (C=O) groups is 2. The standard InChI is InChI=1S/C9H10N2O4/c1-15-9(14)11-7-3-2-5(8(12)13)4-6(7)10/h2-4H,10H2,1H3,(H,11,14)(H,12,13). The van der Waals surface area contributed by atoms with Crippen molar-refractivity contribution in [2.45, 2.75) is 0 Å². The number of benzene rings is 1. The van der Waals surface area contributed by atoms with Crippen molar-refractivity contribution < 1.29 is 19.4 Å². The van der Waals surface area contributed by atoms with Gasteiger partial charge in [0, 0.05) is 0 Å². The normalized spacial score (nSPS) is 9.40. The molecule has 0 saturated heterocycles. The minimum absolute atomic E-state index is 0.0583. The maximum atomic E-state index is 10.8. The summed E-state index contributed by atoms with van der Waals surface area (Å²) in [5.74, 6) is -1.08. The second-order valence-electron chi connectivity index (χ2n) is 2.72. The summed E-state index contributed by atoms with van der Waals surface area (Å²) in [6.45, 7) is 0. The number of nitrogens with one attached hydrogen (secondary N) is 1. The molecule has 0 aliphatic rings. The zero-order valence-electron chi connectivity index (χ0n) is 7.98. The summed E-state index contributed by atoms with van der Waals surface area (Å²) in [6.07, 6.45) is -0.662. The van der Waals surface area contributed by atoms with Crippen LogP contribution < -0.4 is 11.1 Å². The number of carboxylic acid groups (broad SMARTS) is 1. The van der Waals surface area contributed by atoms with Crippen molar-refractivity contribution in [3.05, 3.63) is 23.8 Å². The van der Waals surface area contributed by atoms with E-state index in [9.17, 15) is 9.59 Å². The molecule has 6 heteroatoms. The highest BCUT2D eigenvalue weighted by Crippen LogP contribution is 2.19. The van der Waals surface area contributed by atoms with Gasteiger partial charge < -0.3 is 15.6 Å². The van der Waals surface area contributed by atoms with Crippen molar-refractivity contribution in [2.24, 2.45) is 0 Å². The van der Waals surface area contributed by atoms with Gasteiger partial charge in [0.2, 0.25) is 0 Å². The predicted octanol–water partition coefficient (Wildman–Crippen LogP) is 1.15. The van der Waals surface area contributed by atoms with E-state index < -0.39 is 12.1 Å². The summed E-state index contributed by atoms with van der Waals surface area (Å²) in [4.78, 5) is 21.4. The molecule has 1 aromatic carbocycles. The zero-order chi connectivity index (χ0) is 11.4. The van der Waals surface area contributed by atoms with Gasteiger partial charge in [0.1, 0.15) is 0 Å². The first-order valence-corrected chi connectivity index (χ1v) is 4.02. The lowest BCUT2D eigenvalue weighted by atomic mass is 10.2. The van der Waals surface area contributed by atoms with Gasteiger partial charge in [0.15, 0.2) is 0 Å². The average molecular weight is 210 g/mol. The molecule has 0 atom stereocenters.